The second-order valence-corrected chi connectivity index (χ2v) is 4.18. The molecule has 0 saturated heterocycles. The van der Waals surface area contributed by atoms with Gasteiger partial charge in [-0.05, 0) is 34.1 Å². The van der Waals surface area contributed by atoms with Gasteiger partial charge >= 0.3 is 0 Å². The Morgan fingerprint density at radius 1 is 0.706 bits per heavy atom. The molecule has 0 aliphatic heterocycles. The van der Waals surface area contributed by atoms with Crippen LogP contribution >= 0.6 is 15.9 Å². The lowest BCUT2D eigenvalue weighted by Crippen LogP contribution is -1.95. The van der Waals surface area contributed by atoms with Crippen molar-refractivity contribution in [3.05, 3.63) is 58.1 Å². The van der Waals surface area contributed by atoms with Gasteiger partial charge < -0.3 is 0 Å². The first kappa shape index (κ1) is 12.1. The molecule has 0 aliphatic rings. The van der Waals surface area contributed by atoms with E-state index in [9.17, 15) is 17.6 Å². The molecule has 0 heterocycles. The van der Waals surface area contributed by atoms with Gasteiger partial charge in [-0.15, -0.1) is 0 Å². The summed E-state index contributed by atoms with van der Waals surface area (Å²) < 4.78 is 53.0. The lowest BCUT2D eigenvalue weighted by molar-refractivity contribution is 0.448. The largest absolute Gasteiger partial charge is 0.205 e. The van der Waals surface area contributed by atoms with E-state index in [0.717, 1.165) is 12.1 Å². The van der Waals surface area contributed by atoms with Crippen molar-refractivity contribution >= 4 is 15.9 Å². The summed E-state index contributed by atoms with van der Waals surface area (Å²) in [5.41, 5.74) is -0.446. The second-order valence-electron chi connectivity index (χ2n) is 3.32. The Balaban J connectivity index is 2.69. The molecule has 0 fully saturated rings. The van der Waals surface area contributed by atoms with E-state index in [1.807, 2.05) is 0 Å². The fraction of sp³-hybridized carbons (Fsp3) is 0. The van der Waals surface area contributed by atoms with Crippen molar-refractivity contribution in [2.24, 2.45) is 0 Å². The summed E-state index contributed by atoms with van der Waals surface area (Å²) in [6.45, 7) is 0. The predicted molar refractivity (Wildman–Crippen MR) is 59.4 cm³/mol. The van der Waals surface area contributed by atoms with Gasteiger partial charge in [0, 0.05) is 11.1 Å². The average Bonchev–Trinajstić information content (AvgIpc) is 2.31. The minimum Gasteiger partial charge on any atom is -0.205 e. The maximum absolute atomic E-state index is 13.7. The highest BCUT2D eigenvalue weighted by Gasteiger charge is 2.17. The van der Waals surface area contributed by atoms with E-state index >= 15 is 0 Å². The van der Waals surface area contributed by atoms with Crippen LogP contribution in [0.15, 0.2) is 34.8 Å². The van der Waals surface area contributed by atoms with Gasteiger partial charge in [0.05, 0.1) is 4.47 Å². The summed E-state index contributed by atoms with van der Waals surface area (Å²) in [6.07, 6.45) is 0. The molecule has 0 unspecified atom stereocenters. The fourth-order valence-corrected chi connectivity index (χ4v) is 1.81. The summed E-state index contributed by atoms with van der Waals surface area (Å²) >= 11 is 2.94. The highest BCUT2D eigenvalue weighted by molar-refractivity contribution is 9.10. The van der Waals surface area contributed by atoms with Crippen LogP contribution in [-0.4, -0.2) is 0 Å². The molecular formula is C12H5BrF4. The number of hydrogen-bond donors (Lipinski definition) is 0. The van der Waals surface area contributed by atoms with Crippen molar-refractivity contribution in [3.63, 3.8) is 0 Å². The van der Waals surface area contributed by atoms with Crippen molar-refractivity contribution < 1.29 is 17.6 Å². The zero-order valence-corrected chi connectivity index (χ0v) is 9.86. The normalized spacial score (nSPS) is 10.6. The molecule has 0 aromatic heterocycles. The molecule has 5 heteroatoms. The third-order valence-electron chi connectivity index (χ3n) is 2.28. The van der Waals surface area contributed by atoms with E-state index in [0.29, 0.717) is 0 Å². The molecular weight excluding hydrogens is 300 g/mol. The molecule has 0 aliphatic carbocycles. The SMILES string of the molecule is Fc1ccc(-c2cccc(Br)c2F)c(F)c1F. The Bertz CT molecular complexity index is 581. The van der Waals surface area contributed by atoms with Crippen LogP contribution in [-0.2, 0) is 0 Å². The molecule has 0 saturated carbocycles. The first-order valence-electron chi connectivity index (χ1n) is 4.60. The molecule has 2 aromatic carbocycles. The maximum atomic E-state index is 13.7. The van der Waals surface area contributed by atoms with Crippen LogP contribution in [0, 0.1) is 23.3 Å². The number of hydrogen-bond acceptors (Lipinski definition) is 0. The number of rotatable bonds is 1. The molecule has 0 spiro atoms. The van der Waals surface area contributed by atoms with Crippen LogP contribution in [0.3, 0.4) is 0 Å². The van der Waals surface area contributed by atoms with Gasteiger partial charge in [0.25, 0.3) is 0 Å². The topological polar surface area (TPSA) is 0 Å². The molecule has 0 amide bonds. The van der Waals surface area contributed by atoms with Crippen molar-refractivity contribution in [3.8, 4) is 11.1 Å². The molecule has 0 N–H and O–H groups in total. The maximum Gasteiger partial charge on any atom is 0.195 e. The van der Waals surface area contributed by atoms with Crippen molar-refractivity contribution in [1.29, 1.82) is 0 Å². The molecule has 88 valence electrons. The number of halogens is 5. The lowest BCUT2D eigenvalue weighted by Gasteiger charge is -2.07. The standard InChI is InChI=1S/C12H5BrF4/c13-8-3-1-2-6(10(8)15)7-4-5-9(14)12(17)11(7)16/h1-5H. The van der Waals surface area contributed by atoms with Crippen molar-refractivity contribution in [2.75, 3.05) is 0 Å². The number of benzene rings is 2. The van der Waals surface area contributed by atoms with E-state index in [4.69, 9.17) is 0 Å². The third-order valence-corrected chi connectivity index (χ3v) is 2.89. The zero-order valence-electron chi connectivity index (χ0n) is 8.28. The van der Waals surface area contributed by atoms with E-state index in [2.05, 4.69) is 15.9 Å². The van der Waals surface area contributed by atoms with Crippen LogP contribution in [0.4, 0.5) is 17.6 Å². The van der Waals surface area contributed by atoms with Crippen LogP contribution in [0.25, 0.3) is 11.1 Å². The first-order chi connectivity index (χ1) is 8.02. The summed E-state index contributed by atoms with van der Waals surface area (Å²) in [7, 11) is 0. The second kappa shape index (κ2) is 4.49. The van der Waals surface area contributed by atoms with Gasteiger partial charge in [0.15, 0.2) is 17.5 Å². The smallest absolute Gasteiger partial charge is 0.195 e. The minimum absolute atomic E-state index is 0.124. The van der Waals surface area contributed by atoms with Gasteiger partial charge in [-0.2, -0.15) is 0 Å². The van der Waals surface area contributed by atoms with Gasteiger partial charge in [0.1, 0.15) is 5.82 Å². The zero-order chi connectivity index (χ0) is 12.6. The van der Waals surface area contributed by atoms with Crippen LogP contribution in [0.5, 0.6) is 0 Å². The highest BCUT2D eigenvalue weighted by atomic mass is 79.9. The van der Waals surface area contributed by atoms with Crippen molar-refractivity contribution in [2.45, 2.75) is 0 Å². The first-order valence-corrected chi connectivity index (χ1v) is 5.39. The van der Waals surface area contributed by atoms with Crippen LogP contribution in [0.2, 0.25) is 0 Å². The Kier molecular flexibility index (Phi) is 3.19. The quantitative estimate of drug-likeness (QED) is 0.530. The van der Waals surface area contributed by atoms with Crippen LogP contribution < -0.4 is 0 Å². The summed E-state index contributed by atoms with van der Waals surface area (Å²) in [5, 5.41) is 0. The minimum atomic E-state index is -1.61. The van der Waals surface area contributed by atoms with Gasteiger partial charge in [0.2, 0.25) is 0 Å². The van der Waals surface area contributed by atoms with Gasteiger partial charge in [-0.25, -0.2) is 17.6 Å². The van der Waals surface area contributed by atoms with E-state index in [-0.39, 0.29) is 15.6 Å². The molecule has 0 radical (unpaired) electrons. The Labute approximate surface area is 103 Å². The lowest BCUT2D eigenvalue weighted by atomic mass is 10.0. The van der Waals surface area contributed by atoms with Gasteiger partial charge in [-0.3, -0.25) is 0 Å². The predicted octanol–water partition coefficient (Wildman–Crippen LogP) is 4.67. The van der Waals surface area contributed by atoms with Crippen molar-refractivity contribution in [1.82, 2.24) is 0 Å². The van der Waals surface area contributed by atoms with E-state index < -0.39 is 23.3 Å². The van der Waals surface area contributed by atoms with Crippen LogP contribution in [0.1, 0.15) is 0 Å². The Morgan fingerprint density at radius 2 is 1.35 bits per heavy atom. The molecule has 0 bridgehead atoms. The average molecular weight is 305 g/mol. The molecule has 2 rings (SSSR count). The Hall–Kier alpha value is -1.36. The monoisotopic (exact) mass is 304 g/mol. The Morgan fingerprint density at radius 3 is 2.06 bits per heavy atom. The molecule has 17 heavy (non-hydrogen) atoms. The van der Waals surface area contributed by atoms with E-state index in [1.165, 1.54) is 18.2 Å². The summed E-state index contributed by atoms with van der Waals surface area (Å²) in [6, 6.07) is 5.95. The molecule has 0 nitrogen and oxygen atoms in total. The fourth-order valence-electron chi connectivity index (χ4n) is 1.45. The highest BCUT2D eigenvalue weighted by Crippen LogP contribution is 2.31. The summed E-state index contributed by atoms with van der Waals surface area (Å²) in [4.78, 5) is 0. The molecule has 2 aromatic rings. The molecule has 0 atom stereocenters. The van der Waals surface area contributed by atoms with E-state index in [1.54, 1.807) is 0 Å². The summed E-state index contributed by atoms with van der Waals surface area (Å²) in [5.74, 6) is -5.04. The van der Waals surface area contributed by atoms with Gasteiger partial charge in [-0.1, -0.05) is 12.1 Å². The third kappa shape index (κ3) is 2.07.